The Labute approximate surface area is 96.4 Å². The van der Waals surface area contributed by atoms with Crippen LogP contribution in [0.3, 0.4) is 0 Å². The molecule has 17 heavy (non-hydrogen) atoms. The fourth-order valence-corrected chi connectivity index (χ4v) is 1.75. The maximum atomic E-state index is 10.7. The molecule has 1 saturated heterocycles. The molecule has 8 heteroatoms. The van der Waals surface area contributed by atoms with Crippen LogP contribution < -0.4 is 10.6 Å². The van der Waals surface area contributed by atoms with Crippen LogP contribution in [0.1, 0.15) is 0 Å². The van der Waals surface area contributed by atoms with Gasteiger partial charge < -0.3 is 20.8 Å². The Kier molecular flexibility index (Phi) is 2.82. The Balaban J connectivity index is 2.30. The van der Waals surface area contributed by atoms with Crippen molar-refractivity contribution in [2.24, 2.45) is 0 Å². The molecule has 92 valence electrons. The third-order valence-corrected chi connectivity index (χ3v) is 2.61. The molecule has 1 aliphatic heterocycles. The lowest BCUT2D eigenvalue weighted by Gasteiger charge is -2.16. The number of hydrogen-bond acceptors (Lipinski definition) is 7. The van der Waals surface area contributed by atoms with E-state index < -0.39 is 17.1 Å². The summed E-state index contributed by atoms with van der Waals surface area (Å²) in [6, 6.07) is 2.42. The minimum Gasteiger partial charge on any atom is -0.389 e. The number of nitrogen functional groups attached to an aromatic ring is 1. The SMILES string of the molecule is Nc1cc([N+](=O)[O-])cc(N2CC(O)C(O)C2)n1. The van der Waals surface area contributed by atoms with Gasteiger partial charge in [-0.05, 0) is 0 Å². The second-order valence-corrected chi connectivity index (χ2v) is 3.91. The van der Waals surface area contributed by atoms with E-state index in [4.69, 9.17) is 5.73 Å². The molecule has 4 N–H and O–H groups in total. The minimum atomic E-state index is -0.878. The zero-order chi connectivity index (χ0) is 12.6. The van der Waals surface area contributed by atoms with Crippen LogP contribution in [0.2, 0.25) is 0 Å². The first-order chi connectivity index (χ1) is 7.97. The van der Waals surface area contributed by atoms with Gasteiger partial charge in [0.1, 0.15) is 11.6 Å². The van der Waals surface area contributed by atoms with Crippen LogP contribution in [-0.4, -0.2) is 45.4 Å². The topological polar surface area (TPSA) is 126 Å². The lowest BCUT2D eigenvalue weighted by Crippen LogP contribution is -2.22. The number of nitro groups is 1. The summed E-state index contributed by atoms with van der Waals surface area (Å²) < 4.78 is 0. The van der Waals surface area contributed by atoms with Crippen molar-refractivity contribution in [2.75, 3.05) is 23.7 Å². The molecule has 0 aliphatic carbocycles. The van der Waals surface area contributed by atoms with Gasteiger partial charge in [-0.25, -0.2) is 4.98 Å². The first-order valence-electron chi connectivity index (χ1n) is 5.00. The van der Waals surface area contributed by atoms with Gasteiger partial charge in [0, 0.05) is 13.1 Å². The van der Waals surface area contributed by atoms with Gasteiger partial charge in [0.25, 0.3) is 5.69 Å². The second-order valence-electron chi connectivity index (χ2n) is 3.91. The molecule has 2 heterocycles. The highest BCUT2D eigenvalue weighted by molar-refractivity contribution is 5.54. The molecule has 0 saturated carbocycles. The Hall–Kier alpha value is -1.93. The molecule has 2 unspecified atom stereocenters. The van der Waals surface area contributed by atoms with E-state index >= 15 is 0 Å². The Morgan fingerprint density at radius 3 is 2.53 bits per heavy atom. The molecule has 1 aromatic rings. The molecule has 2 rings (SSSR count). The molecular formula is C9H12N4O4. The van der Waals surface area contributed by atoms with Crippen LogP contribution >= 0.6 is 0 Å². The Bertz CT molecular complexity index is 443. The predicted octanol–water partition coefficient (Wildman–Crippen LogP) is -0.886. The predicted molar refractivity (Wildman–Crippen MR) is 59.5 cm³/mol. The molecule has 2 atom stereocenters. The fraction of sp³-hybridized carbons (Fsp3) is 0.444. The molecule has 0 bridgehead atoms. The summed E-state index contributed by atoms with van der Waals surface area (Å²) in [6.07, 6.45) is -1.76. The number of hydrogen-bond donors (Lipinski definition) is 3. The highest BCUT2D eigenvalue weighted by Crippen LogP contribution is 2.24. The third kappa shape index (κ3) is 2.27. The average Bonchev–Trinajstić information content (AvgIpc) is 2.58. The summed E-state index contributed by atoms with van der Waals surface area (Å²) in [7, 11) is 0. The summed E-state index contributed by atoms with van der Waals surface area (Å²) in [5, 5.41) is 29.4. The summed E-state index contributed by atoms with van der Waals surface area (Å²) in [4.78, 5) is 15.6. The number of aromatic nitrogens is 1. The molecule has 0 radical (unpaired) electrons. The van der Waals surface area contributed by atoms with Gasteiger partial charge in [-0.15, -0.1) is 0 Å². The number of aliphatic hydroxyl groups excluding tert-OH is 2. The van der Waals surface area contributed by atoms with Crippen molar-refractivity contribution < 1.29 is 15.1 Å². The number of anilines is 2. The van der Waals surface area contributed by atoms with E-state index in [0.717, 1.165) is 6.07 Å². The van der Waals surface area contributed by atoms with E-state index in [1.165, 1.54) is 6.07 Å². The number of pyridine rings is 1. The number of rotatable bonds is 2. The van der Waals surface area contributed by atoms with E-state index in [9.17, 15) is 20.3 Å². The summed E-state index contributed by atoms with van der Waals surface area (Å²) in [6.45, 7) is 0.351. The van der Waals surface area contributed by atoms with Crippen LogP contribution in [0.5, 0.6) is 0 Å². The second kappa shape index (κ2) is 4.15. The monoisotopic (exact) mass is 240 g/mol. The largest absolute Gasteiger partial charge is 0.389 e. The standard InChI is InChI=1S/C9H12N4O4/c10-8-1-5(13(16)17)2-9(11-8)12-3-6(14)7(15)4-12/h1-2,6-7,14-15H,3-4H2,(H2,10,11). The zero-order valence-electron chi connectivity index (χ0n) is 8.85. The molecule has 8 nitrogen and oxygen atoms in total. The first-order valence-corrected chi connectivity index (χ1v) is 5.00. The van der Waals surface area contributed by atoms with Crippen LogP contribution in [-0.2, 0) is 0 Å². The van der Waals surface area contributed by atoms with Crippen molar-refractivity contribution in [1.82, 2.24) is 4.98 Å². The van der Waals surface area contributed by atoms with Gasteiger partial charge in [0.05, 0.1) is 29.3 Å². The summed E-state index contributed by atoms with van der Waals surface area (Å²) >= 11 is 0. The fourth-order valence-electron chi connectivity index (χ4n) is 1.75. The maximum absolute atomic E-state index is 10.7. The highest BCUT2D eigenvalue weighted by atomic mass is 16.6. The van der Waals surface area contributed by atoms with Crippen LogP contribution in [0.25, 0.3) is 0 Å². The van der Waals surface area contributed by atoms with Crippen molar-refractivity contribution in [3.63, 3.8) is 0 Å². The minimum absolute atomic E-state index is 0.0325. The average molecular weight is 240 g/mol. The van der Waals surface area contributed by atoms with E-state index in [1.807, 2.05) is 0 Å². The van der Waals surface area contributed by atoms with Gasteiger partial charge in [0.15, 0.2) is 0 Å². The van der Waals surface area contributed by atoms with Gasteiger partial charge in [-0.2, -0.15) is 0 Å². The van der Waals surface area contributed by atoms with Crippen molar-refractivity contribution in [3.05, 3.63) is 22.2 Å². The summed E-state index contributed by atoms with van der Waals surface area (Å²) in [5.41, 5.74) is 5.30. The van der Waals surface area contributed by atoms with E-state index in [0.29, 0.717) is 0 Å². The van der Waals surface area contributed by atoms with Gasteiger partial charge in [0.2, 0.25) is 0 Å². The summed E-state index contributed by atoms with van der Waals surface area (Å²) in [5.74, 6) is 0.317. The Morgan fingerprint density at radius 2 is 2.00 bits per heavy atom. The van der Waals surface area contributed by atoms with E-state index in [1.54, 1.807) is 4.90 Å². The maximum Gasteiger partial charge on any atom is 0.276 e. The van der Waals surface area contributed by atoms with Crippen molar-refractivity contribution in [3.8, 4) is 0 Å². The van der Waals surface area contributed by atoms with Gasteiger partial charge in [-0.1, -0.05) is 0 Å². The normalized spacial score (nSPS) is 24.0. The van der Waals surface area contributed by atoms with Crippen LogP contribution in [0.15, 0.2) is 12.1 Å². The molecule has 0 aromatic carbocycles. The molecule has 1 fully saturated rings. The number of aliphatic hydroxyl groups is 2. The molecular weight excluding hydrogens is 228 g/mol. The molecule has 1 aromatic heterocycles. The molecule has 1 aliphatic rings. The van der Waals surface area contributed by atoms with Crippen molar-refractivity contribution in [1.29, 1.82) is 0 Å². The van der Waals surface area contributed by atoms with Crippen LogP contribution in [0.4, 0.5) is 17.3 Å². The van der Waals surface area contributed by atoms with Crippen molar-refractivity contribution in [2.45, 2.75) is 12.2 Å². The zero-order valence-corrected chi connectivity index (χ0v) is 8.85. The third-order valence-electron chi connectivity index (χ3n) is 2.61. The smallest absolute Gasteiger partial charge is 0.276 e. The number of nitrogens with two attached hydrogens (primary N) is 1. The molecule has 0 amide bonds. The van der Waals surface area contributed by atoms with E-state index in [2.05, 4.69) is 4.98 Å². The number of β-amino-alcohol motifs (C(OH)–C–C–N with tert-alkyl or cyclic N) is 2. The van der Waals surface area contributed by atoms with Gasteiger partial charge >= 0.3 is 0 Å². The Morgan fingerprint density at radius 1 is 1.41 bits per heavy atom. The quantitative estimate of drug-likeness (QED) is 0.452. The van der Waals surface area contributed by atoms with Crippen molar-refractivity contribution >= 4 is 17.3 Å². The highest BCUT2D eigenvalue weighted by Gasteiger charge is 2.31. The lowest BCUT2D eigenvalue weighted by atomic mass is 10.3. The molecule has 0 spiro atoms. The lowest BCUT2D eigenvalue weighted by molar-refractivity contribution is -0.384. The number of nitrogens with zero attached hydrogens (tertiary/aromatic N) is 3. The van der Waals surface area contributed by atoms with Gasteiger partial charge in [-0.3, -0.25) is 10.1 Å². The van der Waals surface area contributed by atoms with E-state index in [-0.39, 0.29) is 30.4 Å². The first kappa shape index (κ1) is 11.6. The van der Waals surface area contributed by atoms with Crippen LogP contribution in [0, 0.1) is 10.1 Å².